The minimum absolute atomic E-state index is 0.194. The molecule has 0 aliphatic heterocycles. The number of hydrogen-bond acceptors (Lipinski definition) is 6. The largest absolute Gasteiger partial charge is 0.335 e. The Kier molecular flexibility index (Phi) is 5.72. The van der Waals surface area contributed by atoms with Crippen LogP contribution in [0.4, 0.5) is 15.8 Å². The Bertz CT molecular complexity index is 1550. The minimum Gasteiger partial charge on any atom is -0.335 e. The molecule has 5 aromatic rings. The van der Waals surface area contributed by atoms with Crippen LogP contribution in [-0.2, 0) is 0 Å². The van der Waals surface area contributed by atoms with Crippen LogP contribution in [0.25, 0.3) is 22.4 Å². The molecule has 172 valence electrons. The number of hydrogen-bond donors (Lipinski definition) is 2. The zero-order valence-corrected chi connectivity index (χ0v) is 18.4. The van der Waals surface area contributed by atoms with Gasteiger partial charge in [-0.25, -0.2) is 9.37 Å². The summed E-state index contributed by atoms with van der Waals surface area (Å²) in [5.74, 6) is -1.14. The Morgan fingerprint density at radius 1 is 0.886 bits per heavy atom. The summed E-state index contributed by atoms with van der Waals surface area (Å²) in [5, 5.41) is 10.0. The van der Waals surface area contributed by atoms with Crippen LogP contribution in [0.3, 0.4) is 0 Å². The SMILES string of the molecule is Cc1noc2nc(-c3ccc(F)cc3)cc(C(=O)Nc3cccc(C(=O)Nc4ccncc4)c3)c12. The number of aromatic nitrogens is 3. The van der Waals surface area contributed by atoms with Gasteiger partial charge in [0.15, 0.2) is 0 Å². The summed E-state index contributed by atoms with van der Waals surface area (Å²) in [7, 11) is 0. The molecule has 0 spiro atoms. The highest BCUT2D eigenvalue weighted by molar-refractivity contribution is 6.13. The van der Waals surface area contributed by atoms with E-state index in [1.807, 2.05) is 0 Å². The Balaban J connectivity index is 1.45. The summed E-state index contributed by atoms with van der Waals surface area (Å²) in [6.45, 7) is 1.71. The zero-order valence-electron chi connectivity index (χ0n) is 18.4. The molecule has 2 aromatic carbocycles. The molecular formula is C26H18FN5O3. The molecule has 3 aromatic heterocycles. The molecule has 0 bridgehead atoms. The molecule has 0 fully saturated rings. The zero-order chi connectivity index (χ0) is 24.4. The highest BCUT2D eigenvalue weighted by Gasteiger charge is 2.20. The van der Waals surface area contributed by atoms with Crippen molar-refractivity contribution < 1.29 is 18.5 Å². The number of rotatable bonds is 5. The molecule has 0 atom stereocenters. The summed E-state index contributed by atoms with van der Waals surface area (Å²) >= 11 is 0. The summed E-state index contributed by atoms with van der Waals surface area (Å²) in [6.07, 6.45) is 3.16. The number of fused-ring (bicyclic) bond motifs is 1. The number of aryl methyl sites for hydroxylation is 1. The Morgan fingerprint density at radius 3 is 2.40 bits per heavy atom. The fourth-order valence-corrected chi connectivity index (χ4v) is 3.62. The van der Waals surface area contributed by atoms with Crippen molar-refractivity contribution in [3.8, 4) is 11.3 Å². The molecule has 5 rings (SSSR count). The van der Waals surface area contributed by atoms with E-state index < -0.39 is 5.91 Å². The third-order valence-corrected chi connectivity index (χ3v) is 5.32. The second kappa shape index (κ2) is 9.14. The smallest absolute Gasteiger partial charge is 0.259 e. The van der Waals surface area contributed by atoms with E-state index in [1.165, 1.54) is 12.1 Å². The molecule has 9 heteroatoms. The van der Waals surface area contributed by atoms with Crippen molar-refractivity contribution in [1.82, 2.24) is 15.1 Å². The van der Waals surface area contributed by atoms with E-state index >= 15 is 0 Å². The number of pyridine rings is 2. The first-order valence-corrected chi connectivity index (χ1v) is 10.6. The van der Waals surface area contributed by atoms with Gasteiger partial charge < -0.3 is 15.2 Å². The average molecular weight is 467 g/mol. The number of nitrogens with zero attached hydrogens (tertiary/aromatic N) is 3. The van der Waals surface area contributed by atoms with E-state index in [4.69, 9.17) is 4.52 Å². The summed E-state index contributed by atoms with van der Waals surface area (Å²) in [6, 6.07) is 17.3. The van der Waals surface area contributed by atoms with Crippen molar-refractivity contribution in [3.63, 3.8) is 0 Å². The van der Waals surface area contributed by atoms with Crippen molar-refractivity contribution >= 4 is 34.3 Å². The maximum Gasteiger partial charge on any atom is 0.259 e. The predicted molar refractivity (Wildman–Crippen MR) is 129 cm³/mol. The van der Waals surface area contributed by atoms with Crippen LogP contribution in [0.15, 0.2) is 83.6 Å². The first kappa shape index (κ1) is 21.9. The molecule has 0 unspecified atom stereocenters. The molecule has 35 heavy (non-hydrogen) atoms. The molecule has 2 N–H and O–H groups in total. The van der Waals surface area contributed by atoms with Crippen LogP contribution in [-0.4, -0.2) is 26.9 Å². The molecule has 2 amide bonds. The lowest BCUT2D eigenvalue weighted by Crippen LogP contribution is -2.15. The predicted octanol–water partition coefficient (Wildman–Crippen LogP) is 5.24. The fourth-order valence-electron chi connectivity index (χ4n) is 3.62. The van der Waals surface area contributed by atoms with Gasteiger partial charge in [0.05, 0.1) is 22.3 Å². The molecule has 0 aliphatic carbocycles. The Hall–Kier alpha value is -4.92. The van der Waals surface area contributed by atoms with E-state index in [9.17, 15) is 14.0 Å². The van der Waals surface area contributed by atoms with Gasteiger partial charge in [0.2, 0.25) is 0 Å². The summed E-state index contributed by atoms with van der Waals surface area (Å²) < 4.78 is 18.7. The molecular weight excluding hydrogens is 449 g/mol. The molecule has 0 radical (unpaired) electrons. The van der Waals surface area contributed by atoms with Crippen molar-refractivity contribution in [2.24, 2.45) is 0 Å². The second-order valence-electron chi connectivity index (χ2n) is 7.74. The first-order chi connectivity index (χ1) is 17.0. The molecule has 8 nitrogen and oxygen atoms in total. The van der Waals surface area contributed by atoms with Gasteiger partial charge in [0.25, 0.3) is 17.5 Å². The number of amides is 2. The standard InChI is InChI=1S/C26H18FN5O3/c1-15-23-21(14-22(31-26(23)35-32-15)16-5-7-18(27)8-6-16)25(34)30-20-4-2-3-17(13-20)24(33)29-19-9-11-28-12-10-19/h2-14H,1H3,(H,30,34)(H,28,29,33). The molecule has 0 saturated heterocycles. The van der Waals surface area contributed by atoms with E-state index in [0.717, 1.165) is 0 Å². The van der Waals surface area contributed by atoms with Crippen LogP contribution >= 0.6 is 0 Å². The van der Waals surface area contributed by atoms with Gasteiger partial charge in [0, 0.05) is 34.9 Å². The lowest BCUT2D eigenvalue weighted by molar-refractivity contribution is 0.101. The van der Waals surface area contributed by atoms with E-state index in [-0.39, 0.29) is 17.4 Å². The molecule has 0 aliphatic rings. The third-order valence-electron chi connectivity index (χ3n) is 5.32. The first-order valence-electron chi connectivity index (χ1n) is 10.6. The number of carbonyl (C=O) groups is 2. The van der Waals surface area contributed by atoms with Gasteiger partial charge in [-0.05, 0) is 67.6 Å². The van der Waals surface area contributed by atoms with Crippen LogP contribution in [0, 0.1) is 12.7 Å². The topological polar surface area (TPSA) is 110 Å². The number of nitrogens with one attached hydrogen (secondary N) is 2. The summed E-state index contributed by atoms with van der Waals surface area (Å²) in [5.41, 5.74) is 3.45. The van der Waals surface area contributed by atoms with Crippen LogP contribution in [0.2, 0.25) is 0 Å². The lowest BCUT2D eigenvalue weighted by atomic mass is 10.0. The van der Waals surface area contributed by atoms with E-state index in [0.29, 0.717) is 44.8 Å². The number of carbonyl (C=O) groups excluding carboxylic acids is 2. The molecule has 3 heterocycles. The quantitative estimate of drug-likeness (QED) is 0.366. The van der Waals surface area contributed by atoms with Gasteiger partial charge in [-0.15, -0.1) is 0 Å². The summed E-state index contributed by atoms with van der Waals surface area (Å²) in [4.78, 5) is 34.3. The maximum atomic E-state index is 13.4. The van der Waals surface area contributed by atoms with Crippen molar-refractivity contribution in [3.05, 3.63) is 102 Å². The van der Waals surface area contributed by atoms with Gasteiger partial charge >= 0.3 is 0 Å². The highest BCUT2D eigenvalue weighted by atomic mass is 19.1. The number of halogens is 1. The molecule has 0 saturated carbocycles. The van der Waals surface area contributed by atoms with Gasteiger partial charge in [-0.3, -0.25) is 14.6 Å². The van der Waals surface area contributed by atoms with Gasteiger partial charge in [0.1, 0.15) is 5.82 Å². The highest BCUT2D eigenvalue weighted by Crippen LogP contribution is 2.28. The Morgan fingerprint density at radius 2 is 1.63 bits per heavy atom. The lowest BCUT2D eigenvalue weighted by Gasteiger charge is -2.10. The van der Waals surface area contributed by atoms with Crippen LogP contribution in [0.1, 0.15) is 26.4 Å². The van der Waals surface area contributed by atoms with Gasteiger partial charge in [-0.1, -0.05) is 11.2 Å². The maximum absolute atomic E-state index is 13.4. The number of anilines is 2. The minimum atomic E-state index is -0.432. The fraction of sp³-hybridized carbons (Fsp3) is 0.0385. The van der Waals surface area contributed by atoms with Gasteiger partial charge in [-0.2, -0.15) is 0 Å². The average Bonchev–Trinajstić information content (AvgIpc) is 3.25. The monoisotopic (exact) mass is 467 g/mol. The van der Waals surface area contributed by atoms with E-state index in [1.54, 1.807) is 73.9 Å². The number of benzene rings is 2. The van der Waals surface area contributed by atoms with Crippen molar-refractivity contribution in [1.29, 1.82) is 0 Å². The third kappa shape index (κ3) is 4.60. The van der Waals surface area contributed by atoms with Crippen molar-refractivity contribution in [2.45, 2.75) is 6.92 Å². The van der Waals surface area contributed by atoms with E-state index in [2.05, 4.69) is 25.8 Å². The second-order valence-corrected chi connectivity index (χ2v) is 7.74. The van der Waals surface area contributed by atoms with Crippen LogP contribution in [0.5, 0.6) is 0 Å². The van der Waals surface area contributed by atoms with Crippen LogP contribution < -0.4 is 10.6 Å². The normalized spacial score (nSPS) is 10.8. The Labute approximate surface area is 198 Å². The van der Waals surface area contributed by atoms with Crippen molar-refractivity contribution in [2.75, 3.05) is 10.6 Å².